The van der Waals surface area contributed by atoms with E-state index in [1.165, 1.54) is 24.1 Å². The normalized spacial score (nSPS) is 12.0. The summed E-state index contributed by atoms with van der Waals surface area (Å²) in [6.07, 6.45) is 0.254. The van der Waals surface area contributed by atoms with E-state index in [1.807, 2.05) is 82.3 Å². The van der Waals surface area contributed by atoms with E-state index in [1.54, 1.807) is 36.4 Å². The molecule has 4 aromatic carbocycles. The van der Waals surface area contributed by atoms with Crippen LogP contribution in [0.15, 0.2) is 108 Å². The number of anilines is 1. The molecule has 0 saturated carbocycles. The molecular formula is C36H41N3O5S. The first-order valence-electron chi connectivity index (χ1n) is 14.9. The molecule has 9 heteroatoms. The Balaban J connectivity index is 1.81. The average Bonchev–Trinajstić information content (AvgIpc) is 3.02. The molecule has 0 aliphatic carbocycles. The molecule has 45 heavy (non-hydrogen) atoms. The van der Waals surface area contributed by atoms with Gasteiger partial charge >= 0.3 is 0 Å². The molecule has 0 unspecified atom stereocenters. The Kier molecular flexibility index (Phi) is 11.0. The molecule has 2 amide bonds. The standard InChI is InChI=1S/C36H41N3O5S/c1-26(2)37-36(41)34(23-29-11-7-6-8-12-29)38(24-30-13-9-10-28(4)22-30)35(40)25-39(31-16-18-32(44-5)19-17-31)45(42,43)33-20-14-27(3)15-21-33/h6-22,26,34H,23-25H2,1-5H3,(H,37,41)/t34-/m0/s1. The fraction of sp³-hybridized carbons (Fsp3) is 0.278. The highest BCUT2D eigenvalue weighted by molar-refractivity contribution is 7.92. The minimum Gasteiger partial charge on any atom is -0.497 e. The summed E-state index contributed by atoms with van der Waals surface area (Å²) in [7, 11) is -2.65. The van der Waals surface area contributed by atoms with Crippen LogP contribution < -0.4 is 14.4 Å². The summed E-state index contributed by atoms with van der Waals surface area (Å²) in [5.41, 5.74) is 3.92. The highest BCUT2D eigenvalue weighted by atomic mass is 32.2. The number of sulfonamides is 1. The number of rotatable bonds is 13. The van der Waals surface area contributed by atoms with Crippen molar-refractivity contribution in [1.82, 2.24) is 10.2 Å². The summed E-state index contributed by atoms with van der Waals surface area (Å²) >= 11 is 0. The van der Waals surface area contributed by atoms with Crippen molar-refractivity contribution in [2.75, 3.05) is 18.0 Å². The highest BCUT2D eigenvalue weighted by Gasteiger charge is 2.34. The van der Waals surface area contributed by atoms with Gasteiger partial charge in [0.15, 0.2) is 0 Å². The molecule has 4 rings (SSSR count). The first kappa shape index (κ1) is 33.3. The van der Waals surface area contributed by atoms with Gasteiger partial charge in [-0.3, -0.25) is 13.9 Å². The van der Waals surface area contributed by atoms with Gasteiger partial charge in [0.25, 0.3) is 10.0 Å². The number of hydrogen-bond donors (Lipinski definition) is 1. The van der Waals surface area contributed by atoms with Gasteiger partial charge in [-0.25, -0.2) is 8.42 Å². The van der Waals surface area contributed by atoms with E-state index in [-0.39, 0.29) is 29.8 Å². The van der Waals surface area contributed by atoms with Crippen molar-refractivity contribution in [3.05, 3.63) is 125 Å². The zero-order chi connectivity index (χ0) is 32.6. The number of hydrogen-bond acceptors (Lipinski definition) is 5. The highest BCUT2D eigenvalue weighted by Crippen LogP contribution is 2.27. The lowest BCUT2D eigenvalue weighted by Gasteiger charge is -2.34. The van der Waals surface area contributed by atoms with E-state index in [0.717, 1.165) is 26.6 Å². The third-order valence-corrected chi connectivity index (χ3v) is 9.17. The zero-order valence-corrected chi connectivity index (χ0v) is 27.3. The van der Waals surface area contributed by atoms with E-state index < -0.39 is 28.5 Å². The fourth-order valence-corrected chi connectivity index (χ4v) is 6.47. The molecular weight excluding hydrogens is 586 g/mol. The average molecular weight is 628 g/mol. The second-order valence-corrected chi connectivity index (χ2v) is 13.3. The van der Waals surface area contributed by atoms with Crippen molar-refractivity contribution < 1.29 is 22.7 Å². The molecule has 1 atom stereocenters. The Labute approximate surface area is 266 Å². The summed E-state index contributed by atoms with van der Waals surface area (Å²) in [4.78, 5) is 29.9. The summed E-state index contributed by atoms with van der Waals surface area (Å²) in [5, 5.41) is 2.98. The van der Waals surface area contributed by atoms with Gasteiger partial charge in [-0.15, -0.1) is 0 Å². The topological polar surface area (TPSA) is 96.0 Å². The van der Waals surface area contributed by atoms with Crippen molar-refractivity contribution in [1.29, 1.82) is 0 Å². The Morgan fingerprint density at radius 1 is 0.800 bits per heavy atom. The molecule has 1 N–H and O–H groups in total. The van der Waals surface area contributed by atoms with Gasteiger partial charge < -0.3 is 15.0 Å². The summed E-state index contributed by atoms with van der Waals surface area (Å²) in [6.45, 7) is 7.16. The third-order valence-electron chi connectivity index (χ3n) is 7.39. The van der Waals surface area contributed by atoms with Crippen molar-refractivity contribution in [3.8, 4) is 5.75 Å². The van der Waals surface area contributed by atoms with Crippen LogP contribution in [0.4, 0.5) is 5.69 Å². The molecule has 0 aliphatic rings. The third kappa shape index (κ3) is 8.73. The van der Waals surface area contributed by atoms with Crippen LogP contribution in [0.2, 0.25) is 0 Å². The van der Waals surface area contributed by atoms with Crippen LogP contribution in [-0.4, -0.2) is 50.9 Å². The molecule has 0 saturated heterocycles. The van der Waals surface area contributed by atoms with Gasteiger partial charge in [-0.1, -0.05) is 77.9 Å². The number of amides is 2. The molecule has 236 valence electrons. The Hall–Kier alpha value is -4.63. The van der Waals surface area contributed by atoms with Crippen LogP contribution in [0.25, 0.3) is 0 Å². The number of carbonyl (C=O) groups excluding carboxylic acids is 2. The molecule has 0 bridgehead atoms. The number of nitrogens with zero attached hydrogens (tertiary/aromatic N) is 2. The predicted molar refractivity (Wildman–Crippen MR) is 178 cm³/mol. The molecule has 8 nitrogen and oxygen atoms in total. The summed E-state index contributed by atoms with van der Waals surface area (Å²) in [6, 6.07) is 29.2. The number of ether oxygens (including phenoxy) is 1. The monoisotopic (exact) mass is 627 g/mol. The molecule has 0 radical (unpaired) electrons. The molecule has 0 fully saturated rings. The quantitative estimate of drug-likeness (QED) is 0.206. The molecule has 0 spiro atoms. The van der Waals surface area contributed by atoms with Crippen LogP contribution in [0.1, 0.15) is 36.1 Å². The maximum Gasteiger partial charge on any atom is 0.264 e. The molecule has 0 heterocycles. The van der Waals surface area contributed by atoms with Crippen molar-refractivity contribution in [3.63, 3.8) is 0 Å². The summed E-state index contributed by atoms with van der Waals surface area (Å²) in [5.74, 6) is -0.276. The van der Waals surface area contributed by atoms with Crippen LogP contribution in [0.3, 0.4) is 0 Å². The lowest BCUT2D eigenvalue weighted by Crippen LogP contribution is -2.54. The van der Waals surface area contributed by atoms with Crippen molar-refractivity contribution >= 4 is 27.5 Å². The zero-order valence-electron chi connectivity index (χ0n) is 26.4. The van der Waals surface area contributed by atoms with Gasteiger partial charge in [-0.2, -0.15) is 0 Å². The molecule has 4 aromatic rings. The molecule has 0 aliphatic heterocycles. The van der Waals surface area contributed by atoms with Crippen LogP contribution in [0, 0.1) is 13.8 Å². The predicted octanol–water partition coefficient (Wildman–Crippen LogP) is 5.67. The van der Waals surface area contributed by atoms with Crippen LogP contribution in [-0.2, 0) is 32.6 Å². The number of nitrogens with one attached hydrogen (secondary N) is 1. The van der Waals surface area contributed by atoms with Gasteiger partial charge in [0.05, 0.1) is 17.7 Å². The fourth-order valence-electron chi connectivity index (χ4n) is 5.06. The molecule has 0 aromatic heterocycles. The van der Waals surface area contributed by atoms with Crippen LogP contribution >= 0.6 is 0 Å². The number of methoxy groups -OCH3 is 1. The van der Waals surface area contributed by atoms with Gasteiger partial charge in [0, 0.05) is 19.0 Å². The van der Waals surface area contributed by atoms with E-state index in [2.05, 4.69) is 5.32 Å². The van der Waals surface area contributed by atoms with Gasteiger partial charge in [-0.05, 0) is 75.2 Å². The number of aryl methyl sites for hydroxylation is 2. The van der Waals surface area contributed by atoms with Gasteiger partial charge in [0.2, 0.25) is 11.8 Å². The van der Waals surface area contributed by atoms with E-state index in [0.29, 0.717) is 11.4 Å². The Morgan fingerprint density at radius 3 is 2.04 bits per heavy atom. The lowest BCUT2D eigenvalue weighted by molar-refractivity contribution is -0.140. The second kappa shape index (κ2) is 14.9. The second-order valence-electron chi connectivity index (χ2n) is 11.4. The Bertz CT molecular complexity index is 1690. The van der Waals surface area contributed by atoms with Gasteiger partial charge in [0.1, 0.15) is 18.3 Å². The smallest absolute Gasteiger partial charge is 0.264 e. The van der Waals surface area contributed by atoms with E-state index in [4.69, 9.17) is 4.74 Å². The maximum atomic E-state index is 14.5. The maximum absolute atomic E-state index is 14.5. The largest absolute Gasteiger partial charge is 0.497 e. The van der Waals surface area contributed by atoms with Crippen LogP contribution in [0.5, 0.6) is 5.75 Å². The first-order chi connectivity index (χ1) is 21.5. The first-order valence-corrected chi connectivity index (χ1v) is 16.3. The summed E-state index contributed by atoms with van der Waals surface area (Å²) < 4.78 is 34.7. The minimum atomic E-state index is -4.18. The Morgan fingerprint density at radius 2 is 1.44 bits per heavy atom. The van der Waals surface area contributed by atoms with E-state index in [9.17, 15) is 18.0 Å². The van der Waals surface area contributed by atoms with E-state index >= 15 is 0 Å². The number of benzene rings is 4. The minimum absolute atomic E-state index is 0.0559. The lowest BCUT2D eigenvalue weighted by atomic mass is 10.0. The van der Waals surface area contributed by atoms with Crippen molar-refractivity contribution in [2.24, 2.45) is 0 Å². The number of carbonyl (C=O) groups is 2. The SMILES string of the molecule is COc1ccc(N(CC(=O)N(Cc2cccc(C)c2)[C@@H](Cc2ccccc2)C(=O)NC(C)C)S(=O)(=O)c2ccc(C)cc2)cc1. The van der Waals surface area contributed by atoms with Crippen molar-refractivity contribution in [2.45, 2.75) is 57.6 Å².